The van der Waals surface area contributed by atoms with E-state index >= 15 is 0 Å². The molecule has 0 aromatic carbocycles. The van der Waals surface area contributed by atoms with Crippen molar-refractivity contribution < 1.29 is 28.8 Å². The minimum atomic E-state index is -0.863. The highest BCUT2D eigenvalue weighted by atomic mass is 16.9. The summed E-state index contributed by atoms with van der Waals surface area (Å²) in [5.41, 5.74) is 0.568. The molecule has 3 heterocycles. The first kappa shape index (κ1) is 26.6. The predicted molar refractivity (Wildman–Crippen MR) is 143 cm³/mol. The quantitative estimate of drug-likeness (QED) is 0.445. The van der Waals surface area contributed by atoms with Crippen LogP contribution in [0.3, 0.4) is 0 Å². The van der Waals surface area contributed by atoms with Crippen molar-refractivity contribution >= 4 is 0 Å². The van der Waals surface area contributed by atoms with Gasteiger partial charge in [0.2, 0.25) is 0 Å². The molecule has 0 amide bonds. The van der Waals surface area contributed by atoms with Crippen molar-refractivity contribution in [3.8, 4) is 0 Å². The summed E-state index contributed by atoms with van der Waals surface area (Å²) in [4.78, 5) is 0. The fourth-order valence-electron chi connectivity index (χ4n) is 11.5. The lowest BCUT2D eigenvalue weighted by Crippen LogP contribution is -2.71. The number of hydrogen-bond donors (Lipinski definition) is 1. The highest BCUT2D eigenvalue weighted by molar-refractivity contribution is 5.15. The Labute approximate surface area is 229 Å². The summed E-state index contributed by atoms with van der Waals surface area (Å²) in [7, 11) is 0. The Bertz CT molecular complexity index is 923. The third kappa shape index (κ3) is 3.72. The third-order valence-corrected chi connectivity index (χ3v) is 13.2. The molecule has 0 radical (unpaired) electrons. The molecule has 7 aliphatic rings. The van der Waals surface area contributed by atoms with Crippen LogP contribution in [-0.2, 0) is 23.7 Å². The normalized spacial score (nSPS) is 55.4. The molecule has 0 bridgehead atoms. The summed E-state index contributed by atoms with van der Waals surface area (Å²) in [5, 5.41) is 9.76. The largest absolute Gasteiger partial charge is 0.391 e. The number of aliphatic hydroxyl groups is 1. The average molecular weight is 533 g/mol. The van der Waals surface area contributed by atoms with Crippen molar-refractivity contribution in [1.82, 2.24) is 0 Å². The van der Waals surface area contributed by atoms with Gasteiger partial charge in [0.15, 0.2) is 17.4 Å². The van der Waals surface area contributed by atoms with Crippen molar-refractivity contribution in [1.29, 1.82) is 0 Å². The summed E-state index contributed by atoms with van der Waals surface area (Å²) < 4.78 is 32.1. The maximum absolute atomic E-state index is 9.76. The smallest absolute Gasteiger partial charge is 0.195 e. The first-order valence-corrected chi connectivity index (χ1v) is 15.9. The highest BCUT2D eigenvalue weighted by Gasteiger charge is 2.71. The van der Waals surface area contributed by atoms with Gasteiger partial charge in [0.25, 0.3) is 0 Å². The van der Waals surface area contributed by atoms with Crippen LogP contribution in [0.25, 0.3) is 0 Å². The number of aliphatic hydroxyl groups excluding tert-OH is 1. The van der Waals surface area contributed by atoms with Gasteiger partial charge in [-0.3, -0.25) is 0 Å². The molecule has 0 aromatic heterocycles. The van der Waals surface area contributed by atoms with E-state index in [1.54, 1.807) is 0 Å². The van der Waals surface area contributed by atoms with Gasteiger partial charge in [0.1, 0.15) is 0 Å². The lowest BCUT2D eigenvalue weighted by molar-refractivity contribution is -0.526. The predicted octanol–water partition coefficient (Wildman–Crippen LogP) is 5.90. The molecule has 3 aliphatic heterocycles. The number of hydrogen-bond acceptors (Lipinski definition) is 6. The molecule has 38 heavy (non-hydrogen) atoms. The topological polar surface area (TPSA) is 69.7 Å². The Balaban J connectivity index is 1.13. The Morgan fingerprint density at radius 1 is 0.842 bits per heavy atom. The Hall–Kier alpha value is -0.240. The second-order valence-electron chi connectivity index (χ2n) is 15.6. The summed E-state index contributed by atoms with van der Waals surface area (Å²) in [6, 6.07) is 0. The zero-order valence-corrected chi connectivity index (χ0v) is 24.7. The van der Waals surface area contributed by atoms with Crippen molar-refractivity contribution in [3.63, 3.8) is 0 Å². The highest BCUT2D eigenvalue weighted by Crippen LogP contribution is 2.72. The molecule has 2 spiro atoms. The molecular weight excluding hydrogens is 480 g/mol. The molecule has 0 aromatic rings. The van der Waals surface area contributed by atoms with E-state index in [0.29, 0.717) is 48.6 Å². The molecule has 7 fully saturated rings. The Morgan fingerprint density at radius 2 is 1.55 bits per heavy atom. The third-order valence-electron chi connectivity index (χ3n) is 13.2. The minimum absolute atomic E-state index is 0.107. The molecule has 4 saturated carbocycles. The van der Waals surface area contributed by atoms with Crippen LogP contribution in [0.2, 0.25) is 0 Å². The minimum Gasteiger partial charge on any atom is -0.391 e. The fraction of sp³-hybridized carbons (Fsp3) is 1.00. The van der Waals surface area contributed by atoms with Gasteiger partial charge in [-0.25, -0.2) is 0 Å². The van der Waals surface area contributed by atoms with Gasteiger partial charge in [-0.2, -0.15) is 0 Å². The van der Waals surface area contributed by atoms with E-state index in [1.807, 2.05) is 6.92 Å². The van der Waals surface area contributed by atoms with Gasteiger partial charge in [-0.15, -0.1) is 0 Å². The Morgan fingerprint density at radius 3 is 2.21 bits per heavy atom. The maximum atomic E-state index is 9.76. The van der Waals surface area contributed by atoms with Crippen LogP contribution in [0.15, 0.2) is 0 Å². The number of ether oxygens (including phenoxy) is 5. The van der Waals surface area contributed by atoms with Crippen LogP contribution < -0.4 is 0 Å². The number of fused-ring (bicyclic) bond motifs is 6. The first-order chi connectivity index (χ1) is 18.0. The molecule has 7 rings (SSSR count). The molecule has 10 atom stereocenters. The van der Waals surface area contributed by atoms with Crippen molar-refractivity contribution in [2.24, 2.45) is 52.3 Å². The van der Waals surface area contributed by atoms with Crippen LogP contribution in [0.1, 0.15) is 99.3 Å². The van der Waals surface area contributed by atoms with Gasteiger partial charge in [-0.05, 0) is 91.8 Å². The van der Waals surface area contributed by atoms with Gasteiger partial charge >= 0.3 is 0 Å². The summed E-state index contributed by atoms with van der Waals surface area (Å²) in [5.74, 6) is 2.55. The molecule has 6 heteroatoms. The summed E-state index contributed by atoms with van der Waals surface area (Å²) in [6.07, 6.45) is 11.4. The van der Waals surface area contributed by atoms with E-state index in [-0.39, 0.29) is 17.9 Å². The molecule has 4 aliphatic carbocycles. The van der Waals surface area contributed by atoms with Crippen LogP contribution >= 0.6 is 0 Å². The second kappa shape index (κ2) is 8.64. The number of rotatable bonds is 5. The molecule has 216 valence electrons. The standard InChI is InChI=1S/C32H52O6/c1-19(2)27-25(36-27)15-20(3)22-7-8-23-21-16-32(34-13-14-35-32)26-17-31(37-30(6,18-33)38-31)12-11-29(26,5)24(21)9-10-28(22,23)4/h19-27,33H,7-18H2,1-6H3/t20-,21+,22-,23+,24+,25+,26?,27-,28-,29-,30?,31?/m1/s1. The van der Waals surface area contributed by atoms with Gasteiger partial charge in [-0.1, -0.05) is 34.6 Å². The summed E-state index contributed by atoms with van der Waals surface area (Å²) in [6.45, 7) is 15.4. The van der Waals surface area contributed by atoms with Crippen LogP contribution in [0.4, 0.5) is 0 Å². The molecule has 1 N–H and O–H groups in total. The van der Waals surface area contributed by atoms with Gasteiger partial charge in [0.05, 0.1) is 32.0 Å². The molecular formula is C32H52O6. The van der Waals surface area contributed by atoms with E-state index in [0.717, 1.165) is 43.4 Å². The number of epoxide rings is 1. The zero-order chi connectivity index (χ0) is 26.7. The molecule has 1 unspecified atom stereocenters. The fourth-order valence-corrected chi connectivity index (χ4v) is 11.5. The van der Waals surface area contributed by atoms with Crippen molar-refractivity contribution in [3.05, 3.63) is 0 Å². The average Bonchev–Trinajstić information content (AvgIpc) is 3.30. The van der Waals surface area contributed by atoms with Gasteiger partial charge < -0.3 is 28.8 Å². The molecule has 6 nitrogen and oxygen atoms in total. The monoisotopic (exact) mass is 532 g/mol. The summed E-state index contributed by atoms with van der Waals surface area (Å²) >= 11 is 0. The van der Waals surface area contributed by atoms with Crippen molar-refractivity contribution in [2.75, 3.05) is 19.8 Å². The van der Waals surface area contributed by atoms with Crippen LogP contribution in [0, 0.1) is 52.3 Å². The van der Waals surface area contributed by atoms with E-state index < -0.39 is 17.4 Å². The molecule has 3 saturated heterocycles. The zero-order valence-electron chi connectivity index (χ0n) is 24.7. The van der Waals surface area contributed by atoms with Crippen molar-refractivity contribution in [2.45, 2.75) is 129 Å². The SMILES string of the molecule is CC(C)[C@H]1O[C@H]1C[C@@H](C)[C@H]1CC[C@H]2[C@@H]3CC4(OCCO4)C4CC5(CC[C@]4(C)[C@H]3CC[C@]12C)OC(C)(CO)O5. The lowest BCUT2D eigenvalue weighted by atomic mass is 9.42. The van der Waals surface area contributed by atoms with Crippen LogP contribution in [-0.4, -0.2) is 54.5 Å². The van der Waals surface area contributed by atoms with E-state index in [4.69, 9.17) is 23.7 Å². The lowest BCUT2D eigenvalue weighted by Gasteiger charge is -2.68. The maximum Gasteiger partial charge on any atom is 0.195 e. The van der Waals surface area contributed by atoms with E-state index in [9.17, 15) is 5.11 Å². The van der Waals surface area contributed by atoms with E-state index in [2.05, 4.69) is 34.6 Å². The second-order valence-corrected chi connectivity index (χ2v) is 15.6. The van der Waals surface area contributed by atoms with Crippen LogP contribution in [0.5, 0.6) is 0 Å². The Kier molecular flexibility index (Phi) is 6.06. The van der Waals surface area contributed by atoms with Gasteiger partial charge in [0, 0.05) is 25.2 Å². The first-order valence-electron chi connectivity index (χ1n) is 15.9. The van der Waals surface area contributed by atoms with E-state index in [1.165, 1.54) is 32.1 Å².